The number of anilines is 1. The number of carbonyl (C=O) groups excluding carboxylic acids is 1. The Morgan fingerprint density at radius 2 is 2.06 bits per heavy atom. The Hall–Kier alpha value is -1.36. The molecule has 0 unspecified atom stereocenters. The molecule has 0 atom stereocenters. The highest BCUT2D eigenvalue weighted by Gasteiger charge is 2.26. The first-order valence-electron chi connectivity index (χ1n) is 6.02. The molecule has 0 aromatic carbocycles. The van der Waals surface area contributed by atoms with Gasteiger partial charge in [0, 0.05) is 6.04 Å². The van der Waals surface area contributed by atoms with E-state index in [1.165, 1.54) is 7.11 Å². The number of nitrogens with zero attached hydrogens (tertiary/aromatic N) is 2. The molecule has 6 heteroatoms. The molecule has 1 fully saturated rings. The monoisotopic (exact) mass is 269 g/mol. The second-order valence-electron chi connectivity index (χ2n) is 4.46. The zero-order valence-electron chi connectivity index (χ0n) is 10.2. The zero-order valence-corrected chi connectivity index (χ0v) is 11.0. The average molecular weight is 270 g/mol. The van der Waals surface area contributed by atoms with E-state index >= 15 is 0 Å². The van der Waals surface area contributed by atoms with Gasteiger partial charge in [0.25, 0.3) is 0 Å². The molecule has 1 saturated carbocycles. The molecule has 0 spiro atoms. The summed E-state index contributed by atoms with van der Waals surface area (Å²) in [6, 6.07) is 3.85. The zero-order chi connectivity index (χ0) is 13.0. The lowest BCUT2D eigenvalue weighted by Gasteiger charge is -2.27. The van der Waals surface area contributed by atoms with Crippen molar-refractivity contribution in [3.05, 3.63) is 17.3 Å². The van der Waals surface area contributed by atoms with Crippen molar-refractivity contribution in [1.82, 2.24) is 10.2 Å². The Morgan fingerprint density at radius 3 is 2.61 bits per heavy atom. The highest BCUT2D eigenvalue weighted by molar-refractivity contribution is 6.29. The van der Waals surface area contributed by atoms with Crippen LogP contribution in [0.5, 0.6) is 0 Å². The van der Waals surface area contributed by atoms with Gasteiger partial charge in [-0.15, -0.1) is 10.2 Å². The van der Waals surface area contributed by atoms with Gasteiger partial charge in [-0.05, 0) is 37.8 Å². The molecule has 18 heavy (non-hydrogen) atoms. The summed E-state index contributed by atoms with van der Waals surface area (Å²) < 4.78 is 4.76. The molecule has 0 bridgehead atoms. The maximum Gasteiger partial charge on any atom is 0.308 e. The largest absolute Gasteiger partial charge is 0.469 e. The predicted octanol–water partition coefficient (Wildman–Crippen LogP) is 2.27. The number of rotatable bonds is 3. The van der Waals surface area contributed by atoms with E-state index in [0.717, 1.165) is 31.5 Å². The fourth-order valence-corrected chi connectivity index (χ4v) is 2.34. The molecule has 1 aromatic rings. The lowest BCUT2D eigenvalue weighted by atomic mass is 9.86. The fraction of sp³-hybridized carbons (Fsp3) is 0.583. The lowest BCUT2D eigenvalue weighted by molar-refractivity contribution is -0.146. The van der Waals surface area contributed by atoms with Crippen LogP contribution >= 0.6 is 11.6 Å². The van der Waals surface area contributed by atoms with Crippen LogP contribution in [-0.2, 0) is 9.53 Å². The van der Waals surface area contributed by atoms with Crippen molar-refractivity contribution in [2.75, 3.05) is 12.4 Å². The van der Waals surface area contributed by atoms with E-state index in [2.05, 4.69) is 15.5 Å². The van der Waals surface area contributed by atoms with Gasteiger partial charge in [0.2, 0.25) is 0 Å². The molecule has 1 N–H and O–H groups in total. The smallest absolute Gasteiger partial charge is 0.308 e. The number of methoxy groups -OCH3 is 1. The van der Waals surface area contributed by atoms with Crippen molar-refractivity contribution in [2.45, 2.75) is 31.7 Å². The van der Waals surface area contributed by atoms with Crippen LogP contribution in [0.1, 0.15) is 25.7 Å². The Morgan fingerprint density at radius 1 is 1.33 bits per heavy atom. The highest BCUT2D eigenvalue weighted by atomic mass is 35.5. The van der Waals surface area contributed by atoms with Gasteiger partial charge in [-0.1, -0.05) is 11.6 Å². The van der Waals surface area contributed by atoms with Crippen LogP contribution < -0.4 is 5.32 Å². The summed E-state index contributed by atoms with van der Waals surface area (Å²) in [6.07, 6.45) is 3.57. The van der Waals surface area contributed by atoms with Crippen LogP contribution in [-0.4, -0.2) is 29.3 Å². The van der Waals surface area contributed by atoms with Crippen LogP contribution in [0.4, 0.5) is 5.82 Å². The van der Waals surface area contributed by atoms with Gasteiger partial charge in [0.15, 0.2) is 5.15 Å². The summed E-state index contributed by atoms with van der Waals surface area (Å²) >= 11 is 5.67. The van der Waals surface area contributed by atoms with Crippen molar-refractivity contribution >= 4 is 23.4 Å². The van der Waals surface area contributed by atoms with Crippen molar-refractivity contribution < 1.29 is 9.53 Å². The number of nitrogens with one attached hydrogen (secondary N) is 1. The van der Waals surface area contributed by atoms with Gasteiger partial charge >= 0.3 is 5.97 Å². The molecule has 98 valence electrons. The maximum atomic E-state index is 11.4. The van der Waals surface area contributed by atoms with E-state index in [9.17, 15) is 4.79 Å². The summed E-state index contributed by atoms with van der Waals surface area (Å²) in [4.78, 5) is 11.4. The normalized spacial score (nSPS) is 23.4. The Balaban J connectivity index is 1.83. The number of hydrogen-bond acceptors (Lipinski definition) is 5. The third-order valence-corrected chi connectivity index (χ3v) is 3.45. The minimum Gasteiger partial charge on any atom is -0.469 e. The van der Waals surface area contributed by atoms with E-state index in [1.807, 2.05) is 6.07 Å². The van der Waals surface area contributed by atoms with Crippen LogP contribution in [0.2, 0.25) is 5.15 Å². The standard InChI is InChI=1S/C12H16ClN3O2/c1-18-12(17)8-2-4-9(5-3-8)14-11-7-6-10(13)15-16-11/h6-9H,2-5H2,1H3,(H,14,16). The topological polar surface area (TPSA) is 64.1 Å². The number of aromatic nitrogens is 2. The summed E-state index contributed by atoms with van der Waals surface area (Å²) in [5.74, 6) is 0.671. The van der Waals surface area contributed by atoms with Gasteiger partial charge in [0.05, 0.1) is 13.0 Å². The minimum absolute atomic E-state index is 0.0457. The molecular formula is C12H16ClN3O2. The molecule has 1 aromatic heterocycles. The van der Waals surface area contributed by atoms with Gasteiger partial charge in [-0.25, -0.2) is 0 Å². The van der Waals surface area contributed by atoms with Gasteiger partial charge in [0.1, 0.15) is 5.82 Å². The van der Waals surface area contributed by atoms with Gasteiger partial charge in [-0.3, -0.25) is 4.79 Å². The van der Waals surface area contributed by atoms with E-state index in [4.69, 9.17) is 16.3 Å². The maximum absolute atomic E-state index is 11.4. The van der Waals surface area contributed by atoms with Crippen LogP contribution in [0.3, 0.4) is 0 Å². The number of carbonyl (C=O) groups is 1. The molecule has 1 aliphatic rings. The van der Waals surface area contributed by atoms with Gasteiger partial charge in [-0.2, -0.15) is 0 Å². The predicted molar refractivity (Wildman–Crippen MR) is 68.4 cm³/mol. The molecule has 1 heterocycles. The van der Waals surface area contributed by atoms with E-state index in [-0.39, 0.29) is 11.9 Å². The molecule has 2 rings (SSSR count). The molecule has 5 nitrogen and oxygen atoms in total. The summed E-state index contributed by atoms with van der Waals surface area (Å²) in [7, 11) is 1.44. The summed E-state index contributed by atoms with van der Waals surface area (Å²) in [6.45, 7) is 0. The van der Waals surface area contributed by atoms with Crippen LogP contribution in [0.25, 0.3) is 0 Å². The van der Waals surface area contributed by atoms with Crippen molar-refractivity contribution in [2.24, 2.45) is 5.92 Å². The Bertz CT molecular complexity index is 402. The summed E-state index contributed by atoms with van der Waals surface area (Å²) in [5.41, 5.74) is 0. The molecular weight excluding hydrogens is 254 g/mol. The second kappa shape index (κ2) is 6.00. The van der Waals surface area contributed by atoms with Crippen LogP contribution in [0.15, 0.2) is 12.1 Å². The van der Waals surface area contributed by atoms with E-state index < -0.39 is 0 Å². The first kappa shape index (κ1) is 13.1. The second-order valence-corrected chi connectivity index (χ2v) is 4.84. The molecule has 0 radical (unpaired) electrons. The summed E-state index contributed by atoms with van der Waals surface area (Å²) in [5, 5.41) is 11.4. The first-order chi connectivity index (χ1) is 8.69. The Kier molecular flexibility index (Phi) is 4.36. The van der Waals surface area contributed by atoms with Crippen LogP contribution in [0, 0.1) is 5.92 Å². The number of hydrogen-bond donors (Lipinski definition) is 1. The number of esters is 1. The van der Waals surface area contributed by atoms with E-state index in [0.29, 0.717) is 11.2 Å². The lowest BCUT2D eigenvalue weighted by Crippen LogP contribution is -2.30. The van der Waals surface area contributed by atoms with Crippen molar-refractivity contribution in [1.29, 1.82) is 0 Å². The quantitative estimate of drug-likeness (QED) is 0.853. The fourth-order valence-electron chi connectivity index (χ4n) is 2.24. The highest BCUT2D eigenvalue weighted by Crippen LogP contribution is 2.27. The number of ether oxygens (including phenoxy) is 1. The molecule has 0 saturated heterocycles. The number of halogens is 1. The van der Waals surface area contributed by atoms with Crippen molar-refractivity contribution in [3.63, 3.8) is 0 Å². The SMILES string of the molecule is COC(=O)C1CCC(Nc2ccc(Cl)nn2)CC1. The minimum atomic E-state index is -0.0975. The average Bonchev–Trinajstić information content (AvgIpc) is 2.41. The molecule has 1 aliphatic carbocycles. The van der Waals surface area contributed by atoms with Crippen molar-refractivity contribution in [3.8, 4) is 0 Å². The molecule has 0 aliphatic heterocycles. The third kappa shape index (κ3) is 3.32. The first-order valence-corrected chi connectivity index (χ1v) is 6.40. The third-order valence-electron chi connectivity index (χ3n) is 3.25. The van der Waals surface area contributed by atoms with Gasteiger partial charge < -0.3 is 10.1 Å². The molecule has 0 amide bonds. The Labute approximate surface area is 111 Å². The van der Waals surface area contributed by atoms with E-state index in [1.54, 1.807) is 6.07 Å².